The second kappa shape index (κ2) is 7.82. The fourth-order valence-electron chi connectivity index (χ4n) is 2.77. The lowest BCUT2D eigenvalue weighted by Crippen LogP contribution is -2.30. The number of methoxy groups -OCH3 is 2. The van der Waals surface area contributed by atoms with Crippen LogP contribution < -0.4 is 14.4 Å². The molecule has 0 bridgehead atoms. The first-order valence-electron chi connectivity index (χ1n) is 8.30. The molecule has 134 valence electrons. The predicted octanol–water partition coefficient (Wildman–Crippen LogP) is 2.65. The van der Waals surface area contributed by atoms with E-state index in [9.17, 15) is 9.59 Å². The van der Waals surface area contributed by atoms with Gasteiger partial charge in [0, 0.05) is 6.54 Å². The number of carbonyl (C=O) groups excluding carboxylic acids is 2. The number of hydrogen-bond acceptors (Lipinski definition) is 5. The lowest BCUT2D eigenvalue weighted by Gasteiger charge is -2.13. The Bertz CT molecular complexity index is 826. The third-order valence-electron chi connectivity index (χ3n) is 4.21. The molecule has 0 aromatic heterocycles. The number of hydrogen-bond donors (Lipinski definition) is 0. The van der Waals surface area contributed by atoms with Gasteiger partial charge in [-0.25, -0.2) is 4.90 Å². The molecule has 1 fully saturated rings. The molecular weight excluding hydrogens is 332 g/mol. The molecule has 1 aliphatic heterocycles. The largest absolute Gasteiger partial charge is 0.497 e. The van der Waals surface area contributed by atoms with Crippen molar-refractivity contribution in [2.24, 2.45) is 4.99 Å². The average Bonchev–Trinajstić information content (AvgIpc) is 2.96. The van der Waals surface area contributed by atoms with Crippen molar-refractivity contribution in [1.29, 1.82) is 0 Å². The molecule has 1 saturated heterocycles. The highest BCUT2D eigenvalue weighted by Gasteiger charge is 2.36. The molecule has 2 amide bonds. The van der Waals surface area contributed by atoms with E-state index in [0.29, 0.717) is 30.1 Å². The zero-order valence-electron chi connectivity index (χ0n) is 14.8. The van der Waals surface area contributed by atoms with Gasteiger partial charge in [-0.2, -0.15) is 0 Å². The summed E-state index contributed by atoms with van der Waals surface area (Å²) in [6.45, 7) is 0.455. The number of amides is 2. The van der Waals surface area contributed by atoms with Crippen molar-refractivity contribution < 1.29 is 19.1 Å². The van der Waals surface area contributed by atoms with Crippen molar-refractivity contribution in [2.75, 3.05) is 25.7 Å². The van der Waals surface area contributed by atoms with E-state index >= 15 is 0 Å². The van der Waals surface area contributed by atoms with Crippen molar-refractivity contribution in [3.63, 3.8) is 0 Å². The van der Waals surface area contributed by atoms with Gasteiger partial charge < -0.3 is 9.47 Å². The van der Waals surface area contributed by atoms with Gasteiger partial charge in [-0.05, 0) is 48.4 Å². The highest BCUT2D eigenvalue weighted by molar-refractivity contribution is 6.56. The number of rotatable bonds is 6. The Morgan fingerprint density at radius 2 is 1.50 bits per heavy atom. The van der Waals surface area contributed by atoms with Gasteiger partial charge in [0.1, 0.15) is 17.2 Å². The lowest BCUT2D eigenvalue weighted by molar-refractivity contribution is -0.120. The van der Waals surface area contributed by atoms with Gasteiger partial charge in [0.05, 0.1) is 26.3 Å². The van der Waals surface area contributed by atoms with E-state index < -0.39 is 0 Å². The number of ether oxygens (including phenoxy) is 2. The normalized spacial score (nSPS) is 15.6. The van der Waals surface area contributed by atoms with Crippen LogP contribution in [0.3, 0.4) is 0 Å². The Balaban J connectivity index is 1.66. The van der Waals surface area contributed by atoms with E-state index in [1.165, 1.54) is 4.90 Å². The zero-order chi connectivity index (χ0) is 18.5. The molecule has 1 aliphatic rings. The Kier molecular flexibility index (Phi) is 5.31. The molecule has 0 spiro atoms. The number of benzene rings is 2. The molecule has 6 heteroatoms. The van der Waals surface area contributed by atoms with Gasteiger partial charge in [-0.1, -0.05) is 12.1 Å². The molecule has 1 heterocycles. The summed E-state index contributed by atoms with van der Waals surface area (Å²) in [7, 11) is 3.19. The fourth-order valence-corrected chi connectivity index (χ4v) is 2.77. The molecule has 0 N–H and O–H groups in total. The molecule has 0 atom stereocenters. The van der Waals surface area contributed by atoms with E-state index in [1.807, 2.05) is 24.3 Å². The van der Waals surface area contributed by atoms with Gasteiger partial charge in [-0.3, -0.25) is 14.6 Å². The first-order valence-corrected chi connectivity index (χ1v) is 8.30. The van der Waals surface area contributed by atoms with Crippen molar-refractivity contribution in [2.45, 2.75) is 12.8 Å². The summed E-state index contributed by atoms with van der Waals surface area (Å²) in [6, 6.07) is 14.5. The lowest BCUT2D eigenvalue weighted by atomic mass is 10.1. The first kappa shape index (κ1) is 17.7. The highest BCUT2D eigenvalue weighted by atomic mass is 16.5. The quantitative estimate of drug-likeness (QED) is 0.750. The zero-order valence-corrected chi connectivity index (χ0v) is 14.8. The molecule has 26 heavy (non-hydrogen) atoms. The minimum Gasteiger partial charge on any atom is -0.497 e. The molecular formula is C20H20N2O4. The molecule has 2 aromatic carbocycles. The van der Waals surface area contributed by atoms with Crippen LogP contribution in [0.5, 0.6) is 11.5 Å². The summed E-state index contributed by atoms with van der Waals surface area (Å²) in [4.78, 5) is 30.3. The molecule has 3 rings (SSSR count). The van der Waals surface area contributed by atoms with Crippen molar-refractivity contribution >= 4 is 23.2 Å². The van der Waals surface area contributed by atoms with Gasteiger partial charge >= 0.3 is 0 Å². The van der Waals surface area contributed by atoms with Crippen LogP contribution in [0.25, 0.3) is 0 Å². The maximum Gasteiger partial charge on any atom is 0.279 e. The van der Waals surface area contributed by atoms with Crippen LogP contribution in [-0.2, 0) is 16.0 Å². The minimum absolute atomic E-state index is 0.0352. The van der Waals surface area contributed by atoms with Gasteiger partial charge in [-0.15, -0.1) is 0 Å². The van der Waals surface area contributed by atoms with Crippen molar-refractivity contribution in [3.05, 3.63) is 54.1 Å². The predicted molar refractivity (Wildman–Crippen MR) is 99.1 cm³/mol. The van der Waals surface area contributed by atoms with Gasteiger partial charge in [0.2, 0.25) is 5.91 Å². The topological polar surface area (TPSA) is 68.2 Å². The monoisotopic (exact) mass is 352 g/mol. The Morgan fingerprint density at radius 3 is 2.08 bits per heavy atom. The van der Waals surface area contributed by atoms with Gasteiger partial charge in [0.15, 0.2) is 0 Å². The molecule has 6 nitrogen and oxygen atoms in total. The number of carbonyl (C=O) groups is 2. The summed E-state index contributed by atoms with van der Waals surface area (Å²) in [5.41, 5.74) is 1.93. The van der Waals surface area contributed by atoms with Crippen LogP contribution in [0, 0.1) is 0 Å². The average molecular weight is 352 g/mol. The van der Waals surface area contributed by atoms with Crippen LogP contribution in [0.4, 0.5) is 5.69 Å². The van der Waals surface area contributed by atoms with Crippen molar-refractivity contribution in [3.8, 4) is 11.5 Å². The van der Waals surface area contributed by atoms with E-state index in [-0.39, 0.29) is 18.2 Å². The maximum absolute atomic E-state index is 12.5. The van der Waals surface area contributed by atoms with Gasteiger partial charge in [0.25, 0.3) is 5.91 Å². The second-order valence-electron chi connectivity index (χ2n) is 5.84. The Labute approximate surface area is 152 Å². The highest BCUT2D eigenvalue weighted by Crippen LogP contribution is 2.24. The summed E-state index contributed by atoms with van der Waals surface area (Å²) in [5, 5.41) is 0. The van der Waals surface area contributed by atoms with E-state index in [1.54, 1.807) is 38.5 Å². The third kappa shape index (κ3) is 3.74. The second-order valence-corrected chi connectivity index (χ2v) is 5.84. The van der Waals surface area contributed by atoms with E-state index in [4.69, 9.17) is 9.47 Å². The van der Waals surface area contributed by atoms with Crippen LogP contribution in [0.2, 0.25) is 0 Å². The number of imide groups is 1. The number of nitrogens with zero attached hydrogens (tertiary/aromatic N) is 2. The Morgan fingerprint density at radius 1 is 0.923 bits per heavy atom. The Hall–Kier alpha value is -3.15. The van der Waals surface area contributed by atoms with Crippen LogP contribution in [0.15, 0.2) is 53.5 Å². The van der Waals surface area contributed by atoms with Crippen LogP contribution >= 0.6 is 0 Å². The van der Waals surface area contributed by atoms with Crippen LogP contribution in [0.1, 0.15) is 12.0 Å². The maximum atomic E-state index is 12.5. The molecule has 0 saturated carbocycles. The molecule has 0 radical (unpaired) electrons. The third-order valence-corrected chi connectivity index (χ3v) is 4.21. The standard InChI is InChI=1S/C20H20N2O4/c1-25-16-7-3-14(4-8-16)11-12-21-18-13-19(23)22(20(18)24)15-5-9-17(26-2)10-6-15/h3-10H,11-13H2,1-2H3. The first-order chi connectivity index (χ1) is 12.6. The smallest absolute Gasteiger partial charge is 0.279 e. The van der Waals surface area contributed by atoms with E-state index in [0.717, 1.165) is 11.3 Å². The summed E-state index contributed by atoms with van der Waals surface area (Å²) in [6.07, 6.45) is 0.727. The van der Waals surface area contributed by atoms with E-state index in [2.05, 4.69) is 4.99 Å². The number of aliphatic imine (C=N–C) groups is 1. The van der Waals surface area contributed by atoms with Crippen molar-refractivity contribution in [1.82, 2.24) is 0 Å². The SMILES string of the molecule is COc1ccc(CCN=C2CC(=O)N(c3ccc(OC)cc3)C2=O)cc1. The molecule has 2 aromatic rings. The fraction of sp³-hybridized carbons (Fsp3) is 0.250. The van der Waals surface area contributed by atoms with Crippen LogP contribution in [-0.4, -0.2) is 38.3 Å². The summed E-state index contributed by atoms with van der Waals surface area (Å²) >= 11 is 0. The molecule has 0 aliphatic carbocycles. The summed E-state index contributed by atoms with van der Waals surface area (Å²) < 4.78 is 10.2. The summed E-state index contributed by atoms with van der Waals surface area (Å²) in [5.74, 6) is 0.853. The number of anilines is 1. The minimum atomic E-state index is -0.352. The molecule has 0 unspecified atom stereocenters.